The Morgan fingerprint density at radius 1 is 1.19 bits per heavy atom. The number of aromatic nitrogens is 3. The Balaban J connectivity index is 1.43. The predicted octanol–water partition coefficient (Wildman–Crippen LogP) is 0.933. The van der Waals surface area contributed by atoms with E-state index in [9.17, 15) is 4.79 Å². The van der Waals surface area contributed by atoms with Crippen LogP contribution in [0, 0.1) is 17.8 Å². The second-order valence-corrected chi connectivity index (χ2v) is 6.16. The first kappa shape index (κ1) is 12.8. The molecule has 110 valence electrons. The monoisotopic (exact) mass is 285 g/mol. The Labute approximate surface area is 122 Å². The van der Waals surface area contributed by atoms with E-state index in [1.54, 1.807) is 12.1 Å². The molecule has 1 amide bonds. The third kappa shape index (κ3) is 2.29. The van der Waals surface area contributed by atoms with Crippen LogP contribution in [0.15, 0.2) is 18.2 Å². The van der Waals surface area contributed by atoms with Gasteiger partial charge in [-0.15, -0.1) is 0 Å². The molecule has 1 aliphatic carbocycles. The zero-order valence-corrected chi connectivity index (χ0v) is 11.8. The first-order chi connectivity index (χ1) is 10.3. The minimum Gasteiger partial charge on any atom is -0.352 e. The van der Waals surface area contributed by atoms with Crippen molar-refractivity contribution in [2.45, 2.75) is 12.8 Å². The summed E-state index contributed by atoms with van der Waals surface area (Å²) in [5.41, 5.74) is 2.16. The zero-order chi connectivity index (χ0) is 14.2. The molecule has 2 aromatic rings. The molecule has 1 aliphatic heterocycles. The molecule has 2 atom stereocenters. The Bertz CT molecular complexity index is 651. The minimum atomic E-state index is -0.0159. The average molecular weight is 285 g/mol. The summed E-state index contributed by atoms with van der Waals surface area (Å²) in [7, 11) is 0. The molecule has 4 rings (SSSR count). The lowest BCUT2D eigenvalue weighted by Crippen LogP contribution is -2.43. The molecule has 2 unspecified atom stereocenters. The molecule has 2 bridgehead atoms. The molecule has 6 nitrogen and oxygen atoms in total. The van der Waals surface area contributed by atoms with Crippen LogP contribution in [-0.2, 0) is 0 Å². The summed E-state index contributed by atoms with van der Waals surface area (Å²) >= 11 is 0. The summed E-state index contributed by atoms with van der Waals surface area (Å²) in [6, 6.07) is 5.41. The van der Waals surface area contributed by atoms with E-state index in [1.165, 1.54) is 12.8 Å². The van der Waals surface area contributed by atoms with Gasteiger partial charge < -0.3 is 10.6 Å². The number of aromatic amines is 1. The molecular weight excluding hydrogens is 266 g/mol. The van der Waals surface area contributed by atoms with Gasteiger partial charge in [0.1, 0.15) is 11.0 Å². The van der Waals surface area contributed by atoms with E-state index in [4.69, 9.17) is 0 Å². The number of carbonyl (C=O) groups excluding carboxylic acids is 1. The SMILES string of the molecule is O=C(NCC1C2CCC1CNC2)c1ccc2n[nH]nc2c1. The van der Waals surface area contributed by atoms with Crippen LogP contribution in [0.5, 0.6) is 0 Å². The highest BCUT2D eigenvalue weighted by Gasteiger charge is 2.38. The number of carbonyl (C=O) groups is 1. The topological polar surface area (TPSA) is 82.7 Å². The number of nitrogens with zero attached hydrogens (tertiary/aromatic N) is 2. The van der Waals surface area contributed by atoms with E-state index in [2.05, 4.69) is 26.0 Å². The molecule has 2 heterocycles. The van der Waals surface area contributed by atoms with Gasteiger partial charge in [0.05, 0.1) is 0 Å². The second kappa shape index (κ2) is 5.11. The number of H-pyrrole nitrogens is 1. The van der Waals surface area contributed by atoms with Gasteiger partial charge in [0.25, 0.3) is 5.91 Å². The first-order valence-corrected chi connectivity index (χ1v) is 7.61. The maximum Gasteiger partial charge on any atom is 0.251 e. The van der Waals surface area contributed by atoms with Gasteiger partial charge in [-0.05, 0) is 61.9 Å². The van der Waals surface area contributed by atoms with Crippen molar-refractivity contribution in [1.82, 2.24) is 26.0 Å². The van der Waals surface area contributed by atoms with Crippen molar-refractivity contribution in [2.75, 3.05) is 19.6 Å². The van der Waals surface area contributed by atoms with Crippen molar-refractivity contribution in [3.63, 3.8) is 0 Å². The van der Waals surface area contributed by atoms with Gasteiger partial charge in [-0.2, -0.15) is 15.4 Å². The van der Waals surface area contributed by atoms with Crippen LogP contribution in [0.2, 0.25) is 0 Å². The Morgan fingerprint density at radius 3 is 2.76 bits per heavy atom. The van der Waals surface area contributed by atoms with Gasteiger partial charge >= 0.3 is 0 Å². The fraction of sp³-hybridized carbons (Fsp3) is 0.533. The Morgan fingerprint density at radius 2 is 1.95 bits per heavy atom. The number of nitrogens with one attached hydrogen (secondary N) is 3. The van der Waals surface area contributed by atoms with Crippen LogP contribution < -0.4 is 10.6 Å². The molecule has 2 fully saturated rings. The molecule has 1 aromatic heterocycles. The van der Waals surface area contributed by atoms with Crippen LogP contribution in [0.3, 0.4) is 0 Å². The lowest BCUT2D eigenvalue weighted by atomic mass is 9.86. The highest BCUT2D eigenvalue weighted by atomic mass is 16.1. The van der Waals surface area contributed by atoms with Crippen molar-refractivity contribution in [3.8, 4) is 0 Å². The maximum absolute atomic E-state index is 12.3. The fourth-order valence-corrected chi connectivity index (χ4v) is 3.83. The maximum atomic E-state index is 12.3. The molecule has 0 radical (unpaired) electrons. The molecule has 3 N–H and O–H groups in total. The molecule has 1 saturated heterocycles. The Kier molecular flexibility index (Phi) is 3.11. The van der Waals surface area contributed by atoms with Crippen molar-refractivity contribution in [3.05, 3.63) is 23.8 Å². The number of fused-ring (bicyclic) bond motifs is 3. The van der Waals surface area contributed by atoms with E-state index in [1.807, 2.05) is 6.07 Å². The fourth-order valence-electron chi connectivity index (χ4n) is 3.83. The van der Waals surface area contributed by atoms with Crippen LogP contribution in [-0.4, -0.2) is 41.0 Å². The van der Waals surface area contributed by atoms with Gasteiger partial charge in [0.2, 0.25) is 0 Å². The quantitative estimate of drug-likeness (QED) is 0.783. The molecule has 21 heavy (non-hydrogen) atoms. The van der Waals surface area contributed by atoms with E-state index < -0.39 is 0 Å². The van der Waals surface area contributed by atoms with Gasteiger partial charge in [-0.1, -0.05) is 0 Å². The van der Waals surface area contributed by atoms with Gasteiger partial charge in [0.15, 0.2) is 0 Å². The third-order valence-corrected chi connectivity index (χ3v) is 5.01. The summed E-state index contributed by atoms with van der Waals surface area (Å²) in [6.45, 7) is 2.98. The van der Waals surface area contributed by atoms with Gasteiger partial charge in [0, 0.05) is 12.1 Å². The van der Waals surface area contributed by atoms with Crippen molar-refractivity contribution in [2.24, 2.45) is 17.8 Å². The van der Waals surface area contributed by atoms with E-state index in [-0.39, 0.29) is 5.91 Å². The summed E-state index contributed by atoms with van der Waals surface area (Å²) in [6.07, 6.45) is 2.59. The smallest absolute Gasteiger partial charge is 0.251 e. The molecule has 2 aliphatic rings. The number of rotatable bonds is 3. The predicted molar refractivity (Wildman–Crippen MR) is 78.8 cm³/mol. The molecular formula is C15H19N5O. The van der Waals surface area contributed by atoms with Crippen LogP contribution in [0.4, 0.5) is 0 Å². The molecule has 1 saturated carbocycles. The number of hydrogen-bond donors (Lipinski definition) is 3. The summed E-state index contributed by atoms with van der Waals surface area (Å²) in [5.74, 6) is 2.06. The van der Waals surface area contributed by atoms with E-state index in [0.717, 1.165) is 42.5 Å². The first-order valence-electron chi connectivity index (χ1n) is 7.61. The minimum absolute atomic E-state index is 0.0159. The number of piperidine rings is 1. The normalized spacial score (nSPS) is 27.9. The van der Waals surface area contributed by atoms with Gasteiger partial charge in [-0.25, -0.2) is 0 Å². The average Bonchev–Trinajstić information content (AvgIpc) is 3.05. The third-order valence-electron chi connectivity index (χ3n) is 5.01. The number of hydrogen-bond acceptors (Lipinski definition) is 4. The van der Waals surface area contributed by atoms with Crippen LogP contribution in [0.25, 0.3) is 11.0 Å². The lowest BCUT2D eigenvalue weighted by Gasteiger charge is -2.30. The Hall–Kier alpha value is -1.95. The van der Waals surface area contributed by atoms with Crippen molar-refractivity contribution >= 4 is 16.9 Å². The standard InChI is InChI=1S/C15H19N5O/c21-15(9-3-4-13-14(5-9)19-20-18-13)17-8-12-10-1-2-11(12)7-16-6-10/h3-5,10-12,16H,1-2,6-8H2,(H,17,21)(H,18,19,20). The van der Waals surface area contributed by atoms with Crippen LogP contribution in [0.1, 0.15) is 23.2 Å². The van der Waals surface area contributed by atoms with Crippen LogP contribution >= 0.6 is 0 Å². The lowest BCUT2D eigenvalue weighted by molar-refractivity contribution is 0.0934. The molecule has 0 spiro atoms. The second-order valence-electron chi connectivity index (χ2n) is 6.16. The van der Waals surface area contributed by atoms with Gasteiger partial charge in [-0.3, -0.25) is 4.79 Å². The van der Waals surface area contributed by atoms with Crippen molar-refractivity contribution in [1.29, 1.82) is 0 Å². The summed E-state index contributed by atoms with van der Waals surface area (Å²) < 4.78 is 0. The largest absolute Gasteiger partial charge is 0.352 e. The van der Waals surface area contributed by atoms with E-state index in [0.29, 0.717) is 11.5 Å². The summed E-state index contributed by atoms with van der Waals surface area (Å²) in [5, 5.41) is 17.2. The summed E-state index contributed by atoms with van der Waals surface area (Å²) in [4.78, 5) is 12.3. The van der Waals surface area contributed by atoms with E-state index >= 15 is 0 Å². The zero-order valence-electron chi connectivity index (χ0n) is 11.8. The number of amides is 1. The highest BCUT2D eigenvalue weighted by molar-refractivity contribution is 5.97. The van der Waals surface area contributed by atoms with Crippen molar-refractivity contribution < 1.29 is 4.79 Å². The highest BCUT2D eigenvalue weighted by Crippen LogP contribution is 2.38. The molecule has 1 aromatic carbocycles. The molecule has 6 heteroatoms. The number of benzene rings is 1.